The van der Waals surface area contributed by atoms with Crippen LogP contribution >= 0.6 is 0 Å². The maximum Gasteiger partial charge on any atom is 0.134 e. The summed E-state index contributed by atoms with van der Waals surface area (Å²) >= 11 is 0. The third-order valence-electron chi connectivity index (χ3n) is 3.17. The van der Waals surface area contributed by atoms with E-state index < -0.39 is 17.7 Å². The van der Waals surface area contributed by atoms with E-state index in [0.717, 1.165) is 0 Å². The Morgan fingerprint density at radius 3 is 2.19 bits per heavy atom. The molecule has 0 aliphatic heterocycles. The predicted molar refractivity (Wildman–Crippen MR) is 60.1 cm³/mol. The number of halogens is 2. The van der Waals surface area contributed by atoms with Crippen molar-refractivity contribution in [3.8, 4) is 0 Å². The molecule has 3 heteroatoms. The molecule has 1 aromatic carbocycles. The van der Waals surface area contributed by atoms with Crippen LogP contribution in [-0.4, -0.2) is 5.11 Å². The number of benzene rings is 1. The van der Waals surface area contributed by atoms with E-state index in [2.05, 4.69) is 0 Å². The van der Waals surface area contributed by atoms with Gasteiger partial charge in [0.2, 0.25) is 0 Å². The van der Waals surface area contributed by atoms with Crippen LogP contribution < -0.4 is 0 Å². The van der Waals surface area contributed by atoms with Gasteiger partial charge in [-0.1, -0.05) is 26.8 Å². The van der Waals surface area contributed by atoms with Gasteiger partial charge in [0.1, 0.15) is 11.6 Å². The Labute approximate surface area is 95.1 Å². The maximum absolute atomic E-state index is 13.7. The fraction of sp³-hybridized carbons (Fsp3) is 0.538. The van der Waals surface area contributed by atoms with Crippen molar-refractivity contribution in [2.75, 3.05) is 0 Å². The highest BCUT2D eigenvalue weighted by Gasteiger charge is 2.26. The third-order valence-corrected chi connectivity index (χ3v) is 3.17. The summed E-state index contributed by atoms with van der Waals surface area (Å²) in [6, 6.07) is 2.57. The van der Waals surface area contributed by atoms with Gasteiger partial charge in [-0.25, -0.2) is 8.78 Å². The summed E-state index contributed by atoms with van der Waals surface area (Å²) in [7, 11) is 0. The SMILES string of the molecule is Cc1ccc(F)c(C(O)C(C)C(C)C)c1F. The van der Waals surface area contributed by atoms with Crippen LogP contribution in [0.5, 0.6) is 0 Å². The van der Waals surface area contributed by atoms with E-state index in [1.807, 2.05) is 13.8 Å². The normalized spacial score (nSPS) is 15.2. The predicted octanol–water partition coefficient (Wildman–Crippen LogP) is 3.60. The van der Waals surface area contributed by atoms with E-state index in [0.29, 0.717) is 5.56 Å². The van der Waals surface area contributed by atoms with E-state index in [-0.39, 0.29) is 17.4 Å². The standard InChI is InChI=1S/C13H18F2O/c1-7(2)9(4)13(16)11-10(14)6-5-8(3)12(11)15/h5-7,9,13,16H,1-4H3. The zero-order chi connectivity index (χ0) is 12.5. The second-order valence-electron chi connectivity index (χ2n) is 4.64. The zero-order valence-corrected chi connectivity index (χ0v) is 10.1. The molecule has 0 amide bonds. The summed E-state index contributed by atoms with van der Waals surface area (Å²) in [6.45, 7) is 7.18. The van der Waals surface area contributed by atoms with Crippen LogP contribution in [0.3, 0.4) is 0 Å². The smallest absolute Gasteiger partial charge is 0.134 e. The first-order valence-electron chi connectivity index (χ1n) is 5.48. The van der Waals surface area contributed by atoms with Gasteiger partial charge in [0, 0.05) is 0 Å². The minimum Gasteiger partial charge on any atom is -0.388 e. The molecule has 0 aromatic heterocycles. The van der Waals surface area contributed by atoms with Crippen molar-refractivity contribution >= 4 is 0 Å². The van der Waals surface area contributed by atoms with E-state index >= 15 is 0 Å². The molecular weight excluding hydrogens is 210 g/mol. The van der Waals surface area contributed by atoms with Crippen LogP contribution in [0.1, 0.15) is 38.0 Å². The Balaban J connectivity index is 3.17. The fourth-order valence-corrected chi connectivity index (χ4v) is 1.58. The summed E-state index contributed by atoms with van der Waals surface area (Å²) in [5.41, 5.74) is 0.146. The first-order valence-corrected chi connectivity index (χ1v) is 5.48. The first kappa shape index (κ1) is 13.1. The maximum atomic E-state index is 13.7. The van der Waals surface area contributed by atoms with Gasteiger partial charge in [0.05, 0.1) is 11.7 Å². The van der Waals surface area contributed by atoms with Gasteiger partial charge in [0.15, 0.2) is 0 Å². The van der Waals surface area contributed by atoms with Crippen LogP contribution in [0.25, 0.3) is 0 Å². The lowest BCUT2D eigenvalue weighted by atomic mass is 9.87. The summed E-state index contributed by atoms with van der Waals surface area (Å²) < 4.78 is 27.2. The minimum atomic E-state index is -1.10. The van der Waals surface area contributed by atoms with Crippen molar-refractivity contribution in [2.24, 2.45) is 11.8 Å². The van der Waals surface area contributed by atoms with Crippen molar-refractivity contribution in [1.82, 2.24) is 0 Å². The number of aliphatic hydroxyl groups excluding tert-OH is 1. The Morgan fingerprint density at radius 1 is 1.12 bits per heavy atom. The molecule has 0 fully saturated rings. The van der Waals surface area contributed by atoms with E-state index in [9.17, 15) is 13.9 Å². The van der Waals surface area contributed by atoms with Crippen molar-refractivity contribution in [2.45, 2.75) is 33.8 Å². The van der Waals surface area contributed by atoms with Gasteiger partial charge in [-0.05, 0) is 30.4 Å². The molecule has 0 radical (unpaired) electrons. The lowest BCUT2D eigenvalue weighted by Gasteiger charge is -2.23. The molecule has 1 rings (SSSR count). The molecule has 0 bridgehead atoms. The number of aliphatic hydroxyl groups is 1. The Kier molecular flexibility index (Phi) is 4.03. The van der Waals surface area contributed by atoms with Crippen LogP contribution in [0, 0.1) is 30.4 Å². The molecule has 0 aliphatic rings. The van der Waals surface area contributed by atoms with Gasteiger partial charge < -0.3 is 5.11 Å². The highest BCUT2D eigenvalue weighted by molar-refractivity contribution is 5.28. The third kappa shape index (κ3) is 2.40. The van der Waals surface area contributed by atoms with E-state index in [1.54, 1.807) is 13.8 Å². The molecule has 0 aliphatic carbocycles. The van der Waals surface area contributed by atoms with Crippen molar-refractivity contribution in [3.05, 3.63) is 34.9 Å². The topological polar surface area (TPSA) is 20.2 Å². The highest BCUT2D eigenvalue weighted by atomic mass is 19.1. The number of aryl methyl sites for hydroxylation is 1. The molecule has 0 spiro atoms. The molecule has 2 unspecified atom stereocenters. The molecule has 0 heterocycles. The highest BCUT2D eigenvalue weighted by Crippen LogP contribution is 2.31. The molecule has 2 atom stereocenters. The quantitative estimate of drug-likeness (QED) is 0.838. The van der Waals surface area contributed by atoms with Crippen LogP contribution in [-0.2, 0) is 0 Å². The van der Waals surface area contributed by atoms with Gasteiger partial charge in [-0.3, -0.25) is 0 Å². The lowest BCUT2D eigenvalue weighted by Crippen LogP contribution is -2.18. The molecule has 90 valence electrons. The molecule has 0 saturated carbocycles. The van der Waals surface area contributed by atoms with Crippen molar-refractivity contribution < 1.29 is 13.9 Å². The Morgan fingerprint density at radius 2 is 1.69 bits per heavy atom. The number of hydrogen-bond donors (Lipinski definition) is 1. The molecule has 1 nitrogen and oxygen atoms in total. The fourth-order valence-electron chi connectivity index (χ4n) is 1.58. The monoisotopic (exact) mass is 228 g/mol. The average molecular weight is 228 g/mol. The van der Waals surface area contributed by atoms with Gasteiger partial charge >= 0.3 is 0 Å². The molecule has 0 saturated heterocycles. The summed E-state index contributed by atoms with van der Waals surface area (Å²) in [5.74, 6) is -1.34. The second kappa shape index (κ2) is 4.91. The van der Waals surface area contributed by atoms with E-state index in [4.69, 9.17) is 0 Å². The minimum absolute atomic E-state index is 0.161. The average Bonchev–Trinajstić information content (AvgIpc) is 2.22. The first-order chi connectivity index (χ1) is 7.36. The van der Waals surface area contributed by atoms with Gasteiger partial charge in [-0.2, -0.15) is 0 Å². The lowest BCUT2D eigenvalue weighted by molar-refractivity contribution is 0.0849. The number of hydrogen-bond acceptors (Lipinski definition) is 1. The second-order valence-corrected chi connectivity index (χ2v) is 4.64. The van der Waals surface area contributed by atoms with Crippen molar-refractivity contribution in [1.29, 1.82) is 0 Å². The van der Waals surface area contributed by atoms with Crippen LogP contribution in [0.4, 0.5) is 8.78 Å². The van der Waals surface area contributed by atoms with Crippen molar-refractivity contribution in [3.63, 3.8) is 0 Å². The Bertz CT molecular complexity index is 374. The van der Waals surface area contributed by atoms with E-state index in [1.165, 1.54) is 12.1 Å². The molecule has 1 aromatic rings. The molecule has 16 heavy (non-hydrogen) atoms. The largest absolute Gasteiger partial charge is 0.388 e. The number of rotatable bonds is 3. The van der Waals surface area contributed by atoms with Gasteiger partial charge in [-0.15, -0.1) is 0 Å². The Hall–Kier alpha value is -0.960. The van der Waals surface area contributed by atoms with Gasteiger partial charge in [0.25, 0.3) is 0 Å². The van der Waals surface area contributed by atoms with Crippen LogP contribution in [0.15, 0.2) is 12.1 Å². The summed E-state index contributed by atoms with van der Waals surface area (Å²) in [6.07, 6.45) is -1.10. The molecule has 1 N–H and O–H groups in total. The summed E-state index contributed by atoms with van der Waals surface area (Å²) in [5, 5.41) is 9.97. The zero-order valence-electron chi connectivity index (χ0n) is 10.1. The summed E-state index contributed by atoms with van der Waals surface area (Å²) in [4.78, 5) is 0. The molecular formula is C13H18F2O. The van der Waals surface area contributed by atoms with Crippen LogP contribution in [0.2, 0.25) is 0 Å².